The van der Waals surface area contributed by atoms with Gasteiger partial charge in [0.1, 0.15) is 0 Å². The molecule has 3 N–H and O–H groups in total. The molecule has 0 spiro atoms. The average Bonchev–Trinajstić information content (AvgIpc) is 2.43. The lowest BCUT2D eigenvalue weighted by Crippen LogP contribution is -2.45. The van der Waals surface area contributed by atoms with E-state index in [9.17, 15) is 8.78 Å². The lowest BCUT2D eigenvalue weighted by Gasteiger charge is -2.22. The maximum Gasteiger partial charge on any atom is 0.191 e. The Hall–Kier alpha value is -0.960. The van der Waals surface area contributed by atoms with Gasteiger partial charge in [0.15, 0.2) is 17.6 Å². The number of rotatable bonds is 5. The van der Waals surface area contributed by atoms with Gasteiger partial charge in [-0.05, 0) is 45.4 Å². The van der Waals surface area contributed by atoms with E-state index in [0.29, 0.717) is 18.1 Å². The van der Waals surface area contributed by atoms with Crippen molar-refractivity contribution in [3.63, 3.8) is 0 Å². The summed E-state index contributed by atoms with van der Waals surface area (Å²) in [6.07, 6.45) is 0. The van der Waals surface area contributed by atoms with E-state index in [4.69, 9.17) is 0 Å². The van der Waals surface area contributed by atoms with E-state index in [0.717, 1.165) is 12.6 Å². The summed E-state index contributed by atoms with van der Waals surface area (Å²) in [4.78, 5) is 4.13. The predicted molar refractivity (Wildman–Crippen MR) is 102 cm³/mol. The SMILES string of the molecule is CN=C(NCCNC(C)(C)C)NC(C)c1ccc(F)c(F)c1.I. The third-order valence-corrected chi connectivity index (χ3v) is 3.09. The Morgan fingerprint density at radius 3 is 2.35 bits per heavy atom. The Morgan fingerprint density at radius 1 is 1.17 bits per heavy atom. The number of benzene rings is 1. The van der Waals surface area contributed by atoms with E-state index in [1.807, 2.05) is 6.92 Å². The van der Waals surface area contributed by atoms with Crippen molar-refractivity contribution in [3.05, 3.63) is 35.4 Å². The summed E-state index contributed by atoms with van der Waals surface area (Å²) in [5, 5.41) is 9.69. The normalized spacial score (nSPS) is 13.3. The molecule has 0 aliphatic rings. The van der Waals surface area contributed by atoms with E-state index in [-0.39, 0.29) is 35.6 Å². The van der Waals surface area contributed by atoms with Gasteiger partial charge in [0.2, 0.25) is 0 Å². The molecule has 0 aromatic heterocycles. The van der Waals surface area contributed by atoms with Gasteiger partial charge in [-0.25, -0.2) is 8.78 Å². The molecule has 7 heteroatoms. The molecule has 0 radical (unpaired) electrons. The lowest BCUT2D eigenvalue weighted by molar-refractivity contribution is 0.428. The highest BCUT2D eigenvalue weighted by molar-refractivity contribution is 14.0. The number of hydrogen-bond acceptors (Lipinski definition) is 2. The minimum atomic E-state index is -0.844. The quantitative estimate of drug-likeness (QED) is 0.285. The van der Waals surface area contributed by atoms with Crippen molar-refractivity contribution >= 4 is 29.9 Å². The summed E-state index contributed by atoms with van der Waals surface area (Å²) in [5.41, 5.74) is 0.729. The highest BCUT2D eigenvalue weighted by atomic mass is 127. The number of guanidine groups is 1. The first-order valence-corrected chi connectivity index (χ1v) is 7.40. The highest BCUT2D eigenvalue weighted by Crippen LogP contribution is 2.15. The van der Waals surface area contributed by atoms with Crippen molar-refractivity contribution in [3.8, 4) is 0 Å². The molecule has 1 atom stereocenters. The lowest BCUT2D eigenvalue weighted by atomic mass is 10.1. The molecule has 1 unspecified atom stereocenters. The molecule has 23 heavy (non-hydrogen) atoms. The number of nitrogens with zero attached hydrogens (tertiary/aromatic N) is 1. The van der Waals surface area contributed by atoms with Crippen molar-refractivity contribution in [2.45, 2.75) is 39.3 Å². The first kappa shape index (κ1) is 22.0. The molecular weight excluding hydrogens is 413 g/mol. The zero-order valence-corrected chi connectivity index (χ0v) is 16.7. The van der Waals surface area contributed by atoms with Gasteiger partial charge in [0.25, 0.3) is 0 Å². The molecule has 1 rings (SSSR count). The van der Waals surface area contributed by atoms with Gasteiger partial charge < -0.3 is 16.0 Å². The highest BCUT2D eigenvalue weighted by Gasteiger charge is 2.11. The van der Waals surface area contributed by atoms with Crippen LogP contribution in [0.2, 0.25) is 0 Å². The first-order valence-electron chi connectivity index (χ1n) is 7.40. The molecule has 0 aliphatic carbocycles. The molecule has 1 aromatic carbocycles. The number of aliphatic imine (C=N–C) groups is 1. The maximum absolute atomic E-state index is 13.3. The van der Waals surface area contributed by atoms with E-state index >= 15 is 0 Å². The summed E-state index contributed by atoms with van der Waals surface area (Å²) in [6, 6.07) is 3.70. The second kappa shape index (κ2) is 10.0. The molecule has 4 nitrogen and oxygen atoms in total. The van der Waals surface area contributed by atoms with Gasteiger partial charge in [-0.2, -0.15) is 0 Å². The zero-order chi connectivity index (χ0) is 16.8. The number of nitrogens with one attached hydrogen (secondary N) is 3. The van der Waals surface area contributed by atoms with E-state index < -0.39 is 11.6 Å². The van der Waals surface area contributed by atoms with Crippen LogP contribution in [0.4, 0.5) is 8.78 Å². The maximum atomic E-state index is 13.3. The summed E-state index contributed by atoms with van der Waals surface area (Å²) in [5.74, 6) is -1.07. The summed E-state index contributed by atoms with van der Waals surface area (Å²) < 4.78 is 26.2. The van der Waals surface area contributed by atoms with E-state index in [2.05, 4.69) is 41.7 Å². The fourth-order valence-electron chi connectivity index (χ4n) is 1.88. The van der Waals surface area contributed by atoms with Gasteiger partial charge in [-0.15, -0.1) is 24.0 Å². The summed E-state index contributed by atoms with van der Waals surface area (Å²) >= 11 is 0. The van der Waals surface area contributed by atoms with Crippen molar-refractivity contribution in [1.82, 2.24) is 16.0 Å². The van der Waals surface area contributed by atoms with Crippen LogP contribution in [0, 0.1) is 11.6 Å². The predicted octanol–water partition coefficient (Wildman–Crippen LogP) is 3.20. The number of hydrogen-bond donors (Lipinski definition) is 3. The second-order valence-corrected chi connectivity index (χ2v) is 6.22. The molecule has 0 bridgehead atoms. The van der Waals surface area contributed by atoms with Crippen LogP contribution in [0.15, 0.2) is 23.2 Å². The van der Waals surface area contributed by atoms with Gasteiger partial charge >= 0.3 is 0 Å². The third kappa shape index (κ3) is 8.45. The molecule has 0 amide bonds. The van der Waals surface area contributed by atoms with Crippen molar-refractivity contribution < 1.29 is 8.78 Å². The zero-order valence-electron chi connectivity index (χ0n) is 14.3. The fourth-order valence-corrected chi connectivity index (χ4v) is 1.88. The molecule has 0 fully saturated rings. The Kier molecular flexibility index (Phi) is 9.60. The Bertz CT molecular complexity index is 515. The minimum Gasteiger partial charge on any atom is -0.355 e. The van der Waals surface area contributed by atoms with Crippen LogP contribution < -0.4 is 16.0 Å². The van der Waals surface area contributed by atoms with Crippen LogP contribution in [0.25, 0.3) is 0 Å². The minimum absolute atomic E-state index is 0. The summed E-state index contributed by atoms with van der Waals surface area (Å²) in [6.45, 7) is 9.68. The van der Waals surface area contributed by atoms with E-state index in [1.54, 1.807) is 13.1 Å². The van der Waals surface area contributed by atoms with Gasteiger partial charge in [0, 0.05) is 25.7 Å². The van der Waals surface area contributed by atoms with Gasteiger partial charge in [-0.1, -0.05) is 6.07 Å². The van der Waals surface area contributed by atoms with Crippen molar-refractivity contribution in [1.29, 1.82) is 0 Å². The average molecular weight is 440 g/mol. The van der Waals surface area contributed by atoms with Crippen LogP contribution in [0.1, 0.15) is 39.3 Å². The molecule has 0 heterocycles. The van der Waals surface area contributed by atoms with Crippen LogP contribution in [0.5, 0.6) is 0 Å². The van der Waals surface area contributed by atoms with Crippen LogP contribution in [-0.4, -0.2) is 31.6 Å². The largest absolute Gasteiger partial charge is 0.355 e. The Morgan fingerprint density at radius 2 is 1.83 bits per heavy atom. The Balaban J connectivity index is 0.00000484. The van der Waals surface area contributed by atoms with Crippen molar-refractivity contribution in [2.75, 3.05) is 20.1 Å². The van der Waals surface area contributed by atoms with Crippen LogP contribution in [-0.2, 0) is 0 Å². The molecule has 0 saturated carbocycles. The van der Waals surface area contributed by atoms with Crippen molar-refractivity contribution in [2.24, 2.45) is 4.99 Å². The first-order chi connectivity index (χ1) is 10.2. The van der Waals surface area contributed by atoms with Gasteiger partial charge in [-0.3, -0.25) is 4.99 Å². The van der Waals surface area contributed by atoms with E-state index in [1.165, 1.54) is 6.07 Å². The standard InChI is InChI=1S/C16H26F2N4.HI/c1-11(12-6-7-13(17)14(18)10-12)22-15(19-5)20-8-9-21-16(2,3)4;/h6-7,10-11,21H,8-9H2,1-5H3,(H2,19,20,22);1H. The second-order valence-electron chi connectivity index (χ2n) is 6.22. The summed E-state index contributed by atoms with van der Waals surface area (Å²) in [7, 11) is 1.67. The van der Waals surface area contributed by atoms with Gasteiger partial charge in [0.05, 0.1) is 6.04 Å². The topological polar surface area (TPSA) is 48.5 Å². The Labute approximate surface area is 154 Å². The monoisotopic (exact) mass is 440 g/mol. The molecule has 132 valence electrons. The molecule has 0 saturated heterocycles. The third-order valence-electron chi connectivity index (χ3n) is 3.09. The smallest absolute Gasteiger partial charge is 0.191 e. The van der Waals surface area contributed by atoms with Crippen LogP contribution in [0.3, 0.4) is 0 Å². The fraction of sp³-hybridized carbons (Fsp3) is 0.562. The number of halogens is 3. The van der Waals surface area contributed by atoms with Crippen LogP contribution >= 0.6 is 24.0 Å². The molecule has 0 aliphatic heterocycles. The molecule has 1 aromatic rings. The molecular formula is C16H27F2IN4.